The Bertz CT molecular complexity index is 742. The molecule has 0 aliphatic rings. The minimum atomic E-state index is 0.981. The lowest BCUT2D eigenvalue weighted by atomic mass is 10.1. The number of thiophene rings is 1. The molecule has 0 saturated heterocycles. The van der Waals surface area contributed by atoms with Crippen molar-refractivity contribution in [3.8, 4) is 0 Å². The van der Waals surface area contributed by atoms with Crippen LogP contribution in [0.15, 0.2) is 52.9 Å². The van der Waals surface area contributed by atoms with Crippen molar-refractivity contribution in [2.24, 2.45) is 0 Å². The number of benzene rings is 2. The average molecular weight is 224 g/mol. The van der Waals surface area contributed by atoms with Crippen molar-refractivity contribution < 1.29 is 4.42 Å². The van der Waals surface area contributed by atoms with Gasteiger partial charge in [0.15, 0.2) is 4.90 Å². The Labute approximate surface area is 95.9 Å². The zero-order chi connectivity index (χ0) is 10.5. The van der Waals surface area contributed by atoms with E-state index < -0.39 is 0 Å². The number of hydrogen-bond donors (Lipinski definition) is 0. The van der Waals surface area contributed by atoms with Gasteiger partial charge in [0.1, 0.15) is 5.58 Å². The maximum absolute atomic E-state index is 5.86. The molecule has 2 aromatic heterocycles. The second-order valence-electron chi connectivity index (χ2n) is 3.86. The van der Waals surface area contributed by atoms with Crippen LogP contribution in [0.1, 0.15) is 0 Å². The van der Waals surface area contributed by atoms with Crippen LogP contribution in [0.25, 0.3) is 31.3 Å². The summed E-state index contributed by atoms with van der Waals surface area (Å²) in [4.78, 5) is 1.03. The first-order valence-corrected chi connectivity index (χ1v) is 6.04. The van der Waals surface area contributed by atoms with Gasteiger partial charge in [-0.15, -0.1) is 0 Å². The molecule has 0 bridgehead atoms. The highest BCUT2D eigenvalue weighted by Crippen LogP contribution is 2.40. The van der Waals surface area contributed by atoms with E-state index in [1.165, 1.54) is 20.9 Å². The third-order valence-corrected chi connectivity index (χ3v) is 3.97. The van der Waals surface area contributed by atoms with E-state index in [1.807, 2.05) is 12.1 Å². The van der Waals surface area contributed by atoms with Crippen molar-refractivity contribution in [1.82, 2.24) is 0 Å². The summed E-state index contributed by atoms with van der Waals surface area (Å²) in [6.07, 6.45) is 0. The first-order chi connectivity index (χ1) is 7.93. The summed E-state index contributed by atoms with van der Waals surface area (Å²) in [5.41, 5.74) is 0.981. The van der Waals surface area contributed by atoms with Crippen LogP contribution in [0.5, 0.6) is 0 Å². The van der Waals surface area contributed by atoms with Crippen LogP contribution < -0.4 is 0 Å². The summed E-state index contributed by atoms with van der Waals surface area (Å²) in [6, 6.07) is 16.7. The highest BCUT2D eigenvalue weighted by Gasteiger charge is 2.12. The second kappa shape index (κ2) is 2.86. The van der Waals surface area contributed by atoms with Crippen LogP contribution >= 0.6 is 11.3 Å². The zero-order valence-electron chi connectivity index (χ0n) is 8.44. The van der Waals surface area contributed by atoms with Crippen LogP contribution in [0.2, 0.25) is 0 Å². The van der Waals surface area contributed by atoms with Gasteiger partial charge in [0, 0.05) is 20.9 Å². The predicted molar refractivity (Wildman–Crippen MR) is 69.1 cm³/mol. The second-order valence-corrected chi connectivity index (χ2v) is 4.87. The lowest BCUT2D eigenvalue weighted by molar-refractivity contribution is 0.678. The Morgan fingerprint density at radius 2 is 1.56 bits per heavy atom. The van der Waals surface area contributed by atoms with Crippen molar-refractivity contribution in [3.63, 3.8) is 0 Å². The number of furan rings is 1. The third-order valence-electron chi connectivity index (χ3n) is 2.92. The Balaban J connectivity index is 2.38. The molecular formula is C14H8OS. The summed E-state index contributed by atoms with van der Waals surface area (Å²) >= 11 is 1.72. The van der Waals surface area contributed by atoms with E-state index in [1.54, 1.807) is 11.3 Å². The molecule has 2 heterocycles. The molecule has 4 rings (SSSR count). The maximum Gasteiger partial charge on any atom is 0.190 e. The fourth-order valence-electron chi connectivity index (χ4n) is 2.21. The Kier molecular flexibility index (Phi) is 1.50. The summed E-state index contributed by atoms with van der Waals surface area (Å²) < 4.78 is 7.15. The Morgan fingerprint density at radius 1 is 0.812 bits per heavy atom. The SMILES string of the molecule is c1ccc2c(c1)oc1sc3ccccc3c12. The Hall–Kier alpha value is -1.80. The van der Waals surface area contributed by atoms with Gasteiger partial charge in [0.2, 0.25) is 0 Å². The zero-order valence-corrected chi connectivity index (χ0v) is 9.25. The molecule has 0 spiro atoms. The molecule has 4 aromatic rings. The maximum atomic E-state index is 5.86. The molecule has 0 N–H and O–H groups in total. The van der Waals surface area contributed by atoms with E-state index in [4.69, 9.17) is 4.42 Å². The first-order valence-electron chi connectivity index (χ1n) is 5.22. The molecule has 0 radical (unpaired) electrons. The number of fused-ring (bicyclic) bond motifs is 5. The van der Waals surface area contributed by atoms with Crippen LogP contribution in [0.3, 0.4) is 0 Å². The van der Waals surface area contributed by atoms with Crippen molar-refractivity contribution in [2.45, 2.75) is 0 Å². The van der Waals surface area contributed by atoms with Gasteiger partial charge in [-0.05, 0) is 12.1 Å². The van der Waals surface area contributed by atoms with E-state index in [0.717, 1.165) is 10.5 Å². The molecule has 0 aliphatic heterocycles. The topological polar surface area (TPSA) is 13.1 Å². The van der Waals surface area contributed by atoms with Gasteiger partial charge in [0.05, 0.1) is 0 Å². The predicted octanol–water partition coefficient (Wildman–Crippen LogP) is 4.80. The molecule has 0 saturated carbocycles. The molecule has 0 amide bonds. The lowest BCUT2D eigenvalue weighted by Gasteiger charge is -1.89. The highest BCUT2D eigenvalue weighted by atomic mass is 32.1. The van der Waals surface area contributed by atoms with E-state index >= 15 is 0 Å². The van der Waals surface area contributed by atoms with Crippen LogP contribution in [-0.2, 0) is 0 Å². The van der Waals surface area contributed by atoms with E-state index in [2.05, 4.69) is 36.4 Å². The summed E-state index contributed by atoms with van der Waals surface area (Å²) in [5.74, 6) is 0. The number of para-hydroxylation sites is 1. The largest absolute Gasteiger partial charge is 0.445 e. The Morgan fingerprint density at radius 3 is 2.50 bits per heavy atom. The summed E-state index contributed by atoms with van der Waals surface area (Å²) in [5, 5.41) is 3.78. The normalized spacial score (nSPS) is 11.8. The molecule has 0 aliphatic carbocycles. The fraction of sp³-hybridized carbons (Fsp3) is 0. The molecule has 0 fully saturated rings. The molecule has 1 nitrogen and oxygen atoms in total. The quantitative estimate of drug-likeness (QED) is 0.418. The van der Waals surface area contributed by atoms with Crippen molar-refractivity contribution in [1.29, 1.82) is 0 Å². The molecular weight excluding hydrogens is 216 g/mol. The van der Waals surface area contributed by atoms with E-state index in [0.29, 0.717) is 0 Å². The molecule has 2 heteroatoms. The van der Waals surface area contributed by atoms with Crippen molar-refractivity contribution in [3.05, 3.63) is 48.5 Å². The molecule has 76 valence electrons. The fourth-order valence-corrected chi connectivity index (χ4v) is 3.29. The molecule has 0 unspecified atom stereocenters. The number of hydrogen-bond acceptors (Lipinski definition) is 2. The van der Waals surface area contributed by atoms with E-state index in [9.17, 15) is 0 Å². The summed E-state index contributed by atoms with van der Waals surface area (Å²) in [6.45, 7) is 0. The minimum Gasteiger partial charge on any atom is -0.445 e. The van der Waals surface area contributed by atoms with Gasteiger partial charge in [0.25, 0.3) is 0 Å². The molecule has 2 aromatic carbocycles. The highest BCUT2D eigenvalue weighted by molar-refractivity contribution is 7.25. The molecule has 16 heavy (non-hydrogen) atoms. The third kappa shape index (κ3) is 0.947. The van der Waals surface area contributed by atoms with Gasteiger partial charge in [-0.2, -0.15) is 0 Å². The standard InChI is InChI=1S/C14H8OS/c1-3-7-11-9(5-1)13-10-6-2-4-8-12(10)16-14(13)15-11/h1-8H. The number of rotatable bonds is 0. The van der Waals surface area contributed by atoms with Crippen molar-refractivity contribution in [2.75, 3.05) is 0 Å². The first kappa shape index (κ1) is 8.36. The lowest BCUT2D eigenvalue weighted by Crippen LogP contribution is -1.65. The smallest absolute Gasteiger partial charge is 0.190 e. The van der Waals surface area contributed by atoms with Crippen molar-refractivity contribution >= 4 is 42.7 Å². The van der Waals surface area contributed by atoms with Gasteiger partial charge in [-0.1, -0.05) is 47.7 Å². The van der Waals surface area contributed by atoms with Crippen LogP contribution in [-0.4, -0.2) is 0 Å². The minimum absolute atomic E-state index is 0.981. The average Bonchev–Trinajstić information content (AvgIpc) is 2.83. The van der Waals surface area contributed by atoms with Gasteiger partial charge >= 0.3 is 0 Å². The van der Waals surface area contributed by atoms with Gasteiger partial charge in [-0.3, -0.25) is 0 Å². The van der Waals surface area contributed by atoms with Gasteiger partial charge in [-0.25, -0.2) is 0 Å². The monoisotopic (exact) mass is 224 g/mol. The van der Waals surface area contributed by atoms with Crippen LogP contribution in [0, 0.1) is 0 Å². The molecule has 0 atom stereocenters. The van der Waals surface area contributed by atoms with Gasteiger partial charge < -0.3 is 4.42 Å². The van der Waals surface area contributed by atoms with Crippen LogP contribution in [0.4, 0.5) is 0 Å². The van der Waals surface area contributed by atoms with E-state index in [-0.39, 0.29) is 0 Å². The summed E-state index contributed by atoms with van der Waals surface area (Å²) in [7, 11) is 0.